The molecule has 1 aliphatic rings. The number of ether oxygens (including phenoxy) is 1. The van der Waals surface area contributed by atoms with Crippen molar-refractivity contribution in [1.29, 1.82) is 5.26 Å². The highest BCUT2D eigenvalue weighted by molar-refractivity contribution is 6.01. The van der Waals surface area contributed by atoms with E-state index in [1.54, 1.807) is 30.3 Å². The van der Waals surface area contributed by atoms with Crippen LogP contribution in [-0.2, 0) is 6.42 Å². The summed E-state index contributed by atoms with van der Waals surface area (Å²) in [6.45, 7) is 0.108. The lowest BCUT2D eigenvalue weighted by molar-refractivity contribution is 0.0994. The second-order valence-corrected chi connectivity index (χ2v) is 5.27. The molecule has 1 N–H and O–H groups in total. The summed E-state index contributed by atoms with van der Waals surface area (Å²) in [5.41, 5.74) is 2.91. The Morgan fingerprint density at radius 3 is 2.68 bits per heavy atom. The smallest absolute Gasteiger partial charge is 0.163 e. The van der Waals surface area contributed by atoms with E-state index in [2.05, 4.69) is 0 Å². The van der Waals surface area contributed by atoms with Gasteiger partial charge in [0.05, 0.1) is 11.6 Å². The first-order valence-corrected chi connectivity index (χ1v) is 7.15. The van der Waals surface area contributed by atoms with Crippen LogP contribution >= 0.6 is 0 Å². The van der Waals surface area contributed by atoms with E-state index in [0.717, 1.165) is 11.1 Å². The van der Waals surface area contributed by atoms with Gasteiger partial charge in [-0.1, -0.05) is 24.3 Å². The summed E-state index contributed by atoms with van der Waals surface area (Å²) in [7, 11) is 0. The maximum atomic E-state index is 11.7. The summed E-state index contributed by atoms with van der Waals surface area (Å²) in [5.74, 6) is 0.809. The molecular formula is C18H15NO3. The number of nitriles is 1. The molecule has 1 atom stereocenters. The number of rotatable bonds is 4. The molecule has 4 nitrogen and oxygen atoms in total. The fraction of sp³-hybridized carbons (Fsp3) is 0.222. The van der Waals surface area contributed by atoms with E-state index in [1.165, 1.54) is 0 Å². The molecule has 0 heterocycles. The molecule has 4 heteroatoms. The molecule has 1 aliphatic carbocycles. The van der Waals surface area contributed by atoms with Crippen LogP contribution in [0.4, 0.5) is 0 Å². The Morgan fingerprint density at radius 2 is 1.95 bits per heavy atom. The molecule has 2 aromatic carbocycles. The molecule has 0 radical (unpaired) electrons. The SMILES string of the molecule is N#Cc1ccc(C(O)COc2cccc3c2CCC3=O)cc1. The molecule has 2 aromatic rings. The number of Topliss-reactive ketones (excluding diaryl/α,β-unsaturated/α-hetero) is 1. The van der Waals surface area contributed by atoms with E-state index in [4.69, 9.17) is 10.00 Å². The van der Waals surface area contributed by atoms with E-state index in [1.807, 2.05) is 18.2 Å². The minimum atomic E-state index is -0.777. The van der Waals surface area contributed by atoms with Gasteiger partial charge < -0.3 is 9.84 Å². The van der Waals surface area contributed by atoms with Crippen molar-refractivity contribution in [3.63, 3.8) is 0 Å². The van der Waals surface area contributed by atoms with Crippen LogP contribution in [0, 0.1) is 11.3 Å². The molecular weight excluding hydrogens is 278 g/mol. The molecule has 0 aromatic heterocycles. The van der Waals surface area contributed by atoms with Gasteiger partial charge in [-0.15, -0.1) is 0 Å². The van der Waals surface area contributed by atoms with Gasteiger partial charge >= 0.3 is 0 Å². The lowest BCUT2D eigenvalue weighted by Gasteiger charge is -2.15. The highest BCUT2D eigenvalue weighted by Gasteiger charge is 2.23. The minimum Gasteiger partial charge on any atom is -0.490 e. The zero-order valence-corrected chi connectivity index (χ0v) is 12.0. The third-order valence-electron chi connectivity index (χ3n) is 3.86. The Bertz CT molecular complexity index is 744. The summed E-state index contributed by atoms with van der Waals surface area (Å²) < 4.78 is 5.70. The molecule has 0 fully saturated rings. The number of hydrogen-bond donors (Lipinski definition) is 1. The standard InChI is InChI=1S/C18H15NO3/c19-10-12-4-6-13(7-5-12)17(21)11-22-18-3-1-2-14-15(18)8-9-16(14)20/h1-7,17,21H,8-9,11H2. The number of carbonyl (C=O) groups excluding carboxylic acids is 1. The monoisotopic (exact) mass is 293 g/mol. The van der Waals surface area contributed by atoms with Gasteiger partial charge in [0.1, 0.15) is 18.5 Å². The molecule has 0 bridgehead atoms. The predicted molar refractivity (Wildman–Crippen MR) is 80.7 cm³/mol. The van der Waals surface area contributed by atoms with Crippen molar-refractivity contribution in [2.45, 2.75) is 18.9 Å². The van der Waals surface area contributed by atoms with E-state index in [0.29, 0.717) is 29.7 Å². The molecule has 0 saturated carbocycles. The van der Waals surface area contributed by atoms with Gasteiger partial charge in [0.25, 0.3) is 0 Å². The van der Waals surface area contributed by atoms with Crippen LogP contribution in [0.3, 0.4) is 0 Å². The Kier molecular flexibility index (Phi) is 3.90. The number of fused-ring (bicyclic) bond motifs is 1. The van der Waals surface area contributed by atoms with Crippen LogP contribution < -0.4 is 4.74 Å². The average Bonchev–Trinajstić information content (AvgIpc) is 2.95. The van der Waals surface area contributed by atoms with Gasteiger partial charge in [-0.2, -0.15) is 5.26 Å². The lowest BCUT2D eigenvalue weighted by Crippen LogP contribution is -2.10. The number of aliphatic hydroxyl groups is 1. The number of benzene rings is 2. The van der Waals surface area contributed by atoms with E-state index in [-0.39, 0.29) is 12.4 Å². The summed E-state index contributed by atoms with van der Waals surface area (Å²) in [6.07, 6.45) is 0.436. The van der Waals surface area contributed by atoms with E-state index < -0.39 is 6.10 Å². The van der Waals surface area contributed by atoms with Crippen molar-refractivity contribution in [2.24, 2.45) is 0 Å². The Balaban J connectivity index is 1.70. The van der Waals surface area contributed by atoms with Crippen molar-refractivity contribution in [1.82, 2.24) is 0 Å². The maximum absolute atomic E-state index is 11.7. The van der Waals surface area contributed by atoms with Gasteiger partial charge in [-0.25, -0.2) is 0 Å². The summed E-state index contributed by atoms with van der Waals surface area (Å²) >= 11 is 0. The van der Waals surface area contributed by atoms with Gasteiger partial charge in [-0.05, 0) is 30.2 Å². The first kappa shape index (κ1) is 14.3. The van der Waals surface area contributed by atoms with Gasteiger partial charge in [0.2, 0.25) is 0 Å². The number of carbonyl (C=O) groups is 1. The molecule has 110 valence electrons. The fourth-order valence-electron chi connectivity index (χ4n) is 2.64. The quantitative estimate of drug-likeness (QED) is 0.941. The minimum absolute atomic E-state index is 0.108. The zero-order chi connectivity index (χ0) is 15.5. The van der Waals surface area contributed by atoms with Crippen molar-refractivity contribution in [3.8, 4) is 11.8 Å². The molecule has 3 rings (SSSR count). The van der Waals surface area contributed by atoms with Crippen molar-refractivity contribution < 1.29 is 14.6 Å². The highest BCUT2D eigenvalue weighted by atomic mass is 16.5. The predicted octanol–water partition coefficient (Wildman–Crippen LogP) is 2.80. The van der Waals surface area contributed by atoms with Crippen LogP contribution in [0.25, 0.3) is 0 Å². The topological polar surface area (TPSA) is 70.3 Å². The zero-order valence-electron chi connectivity index (χ0n) is 12.0. The van der Waals surface area contributed by atoms with Crippen LogP contribution in [0.5, 0.6) is 5.75 Å². The molecule has 0 amide bonds. The van der Waals surface area contributed by atoms with Crippen LogP contribution in [0.2, 0.25) is 0 Å². The summed E-state index contributed by atoms with van der Waals surface area (Å²) in [4.78, 5) is 11.7. The number of aliphatic hydroxyl groups excluding tert-OH is 1. The molecule has 0 aliphatic heterocycles. The van der Waals surface area contributed by atoms with E-state index in [9.17, 15) is 9.90 Å². The van der Waals surface area contributed by atoms with E-state index >= 15 is 0 Å². The van der Waals surface area contributed by atoms with Crippen molar-refractivity contribution in [2.75, 3.05) is 6.61 Å². The Labute approximate surface area is 128 Å². The van der Waals surface area contributed by atoms with Crippen LogP contribution in [0.15, 0.2) is 42.5 Å². The average molecular weight is 293 g/mol. The first-order valence-electron chi connectivity index (χ1n) is 7.15. The summed E-state index contributed by atoms with van der Waals surface area (Å²) in [6, 6.07) is 14.2. The normalized spacial score (nSPS) is 14.3. The third kappa shape index (κ3) is 2.72. The highest BCUT2D eigenvalue weighted by Crippen LogP contribution is 2.31. The van der Waals surface area contributed by atoms with Gasteiger partial charge in [0.15, 0.2) is 5.78 Å². The molecule has 0 saturated heterocycles. The maximum Gasteiger partial charge on any atom is 0.163 e. The molecule has 0 spiro atoms. The summed E-state index contributed by atoms with van der Waals surface area (Å²) in [5, 5.41) is 18.9. The third-order valence-corrected chi connectivity index (χ3v) is 3.86. The number of ketones is 1. The van der Waals surface area contributed by atoms with Crippen molar-refractivity contribution >= 4 is 5.78 Å². The number of hydrogen-bond acceptors (Lipinski definition) is 4. The molecule has 1 unspecified atom stereocenters. The Morgan fingerprint density at radius 1 is 1.18 bits per heavy atom. The van der Waals surface area contributed by atoms with Crippen LogP contribution in [-0.4, -0.2) is 17.5 Å². The van der Waals surface area contributed by atoms with Crippen molar-refractivity contribution in [3.05, 3.63) is 64.7 Å². The van der Waals surface area contributed by atoms with Crippen LogP contribution in [0.1, 0.15) is 39.6 Å². The largest absolute Gasteiger partial charge is 0.490 e. The Hall–Kier alpha value is -2.64. The number of nitrogens with zero attached hydrogens (tertiary/aromatic N) is 1. The van der Waals surface area contributed by atoms with Gasteiger partial charge in [-0.3, -0.25) is 4.79 Å². The first-order chi connectivity index (χ1) is 10.7. The fourth-order valence-corrected chi connectivity index (χ4v) is 2.64. The second-order valence-electron chi connectivity index (χ2n) is 5.27. The molecule has 22 heavy (non-hydrogen) atoms. The lowest BCUT2D eigenvalue weighted by atomic mass is 10.1. The second kappa shape index (κ2) is 6.00. The van der Waals surface area contributed by atoms with Gasteiger partial charge in [0, 0.05) is 17.5 Å².